The van der Waals surface area contributed by atoms with Gasteiger partial charge in [-0.1, -0.05) is 13.8 Å². The molecule has 0 bridgehead atoms. The zero-order valence-corrected chi connectivity index (χ0v) is 11.9. The molecule has 0 spiro atoms. The van der Waals surface area contributed by atoms with Crippen LogP contribution in [0.3, 0.4) is 0 Å². The maximum Gasteiger partial charge on any atom is 0.293 e. The quantitative estimate of drug-likeness (QED) is 0.850. The highest BCUT2D eigenvalue weighted by Gasteiger charge is 2.26. The second-order valence-corrected chi connectivity index (χ2v) is 5.57. The van der Waals surface area contributed by atoms with Crippen molar-refractivity contribution in [2.75, 3.05) is 19.6 Å². The predicted molar refractivity (Wildman–Crippen MR) is 72.9 cm³/mol. The highest BCUT2D eigenvalue weighted by molar-refractivity contribution is 5.90. The van der Waals surface area contributed by atoms with E-state index in [1.54, 1.807) is 6.92 Å². The van der Waals surface area contributed by atoms with Crippen LogP contribution in [0.4, 0.5) is 0 Å². The molecule has 1 atom stereocenters. The van der Waals surface area contributed by atoms with Gasteiger partial charge < -0.3 is 10.2 Å². The third kappa shape index (κ3) is 3.76. The number of H-pyrrole nitrogens is 1. The van der Waals surface area contributed by atoms with Gasteiger partial charge in [0.15, 0.2) is 0 Å². The molecule has 1 fully saturated rings. The van der Waals surface area contributed by atoms with Crippen molar-refractivity contribution < 1.29 is 4.79 Å². The molecular formula is C13H23N5O. The van der Waals surface area contributed by atoms with E-state index in [1.807, 2.05) is 4.90 Å². The van der Waals surface area contributed by atoms with Crippen LogP contribution in [0.1, 0.15) is 43.1 Å². The lowest BCUT2D eigenvalue weighted by molar-refractivity contribution is 0.0660. The Hall–Kier alpha value is -1.43. The van der Waals surface area contributed by atoms with Crippen molar-refractivity contribution in [2.45, 2.75) is 39.7 Å². The molecule has 0 aromatic carbocycles. The maximum absolute atomic E-state index is 12.3. The monoisotopic (exact) mass is 265 g/mol. The van der Waals surface area contributed by atoms with E-state index in [0.717, 1.165) is 26.1 Å². The lowest BCUT2D eigenvalue weighted by atomic mass is 9.97. The Bertz CT molecular complexity index is 428. The van der Waals surface area contributed by atoms with Crippen LogP contribution < -0.4 is 5.32 Å². The number of rotatable bonds is 4. The van der Waals surface area contributed by atoms with E-state index in [0.29, 0.717) is 17.8 Å². The number of nitrogens with zero attached hydrogens (tertiary/aromatic N) is 3. The molecule has 19 heavy (non-hydrogen) atoms. The molecule has 1 aromatic rings. The van der Waals surface area contributed by atoms with E-state index in [2.05, 4.69) is 34.3 Å². The van der Waals surface area contributed by atoms with Crippen LogP contribution in [0, 0.1) is 12.8 Å². The minimum Gasteiger partial charge on any atom is -0.336 e. The van der Waals surface area contributed by atoms with Gasteiger partial charge in [-0.2, -0.15) is 0 Å². The fourth-order valence-corrected chi connectivity index (χ4v) is 2.40. The Labute approximate surface area is 114 Å². The van der Waals surface area contributed by atoms with Crippen molar-refractivity contribution >= 4 is 5.91 Å². The average molecular weight is 265 g/mol. The predicted octanol–water partition coefficient (Wildman–Crippen LogP) is 0.963. The molecule has 1 amide bonds. The zero-order chi connectivity index (χ0) is 13.8. The number of carbonyl (C=O) groups is 1. The topological polar surface area (TPSA) is 73.9 Å². The van der Waals surface area contributed by atoms with Gasteiger partial charge in [-0.3, -0.25) is 9.89 Å². The van der Waals surface area contributed by atoms with Crippen LogP contribution >= 0.6 is 0 Å². The van der Waals surface area contributed by atoms with Gasteiger partial charge in [-0.15, -0.1) is 5.10 Å². The molecule has 1 aromatic heterocycles. The van der Waals surface area contributed by atoms with Crippen molar-refractivity contribution in [2.24, 2.45) is 5.92 Å². The first-order valence-corrected chi connectivity index (χ1v) is 6.98. The summed E-state index contributed by atoms with van der Waals surface area (Å²) in [7, 11) is 0. The second kappa shape index (κ2) is 6.14. The SMILES string of the molecule is Cc1nc(C(=O)N2CCCC(CNC(C)C)C2)n[nH]1. The van der Waals surface area contributed by atoms with Gasteiger partial charge in [0.1, 0.15) is 5.82 Å². The Morgan fingerprint density at radius 1 is 1.58 bits per heavy atom. The molecule has 2 N–H and O–H groups in total. The molecule has 1 saturated heterocycles. The van der Waals surface area contributed by atoms with E-state index in [1.165, 1.54) is 6.42 Å². The molecule has 6 nitrogen and oxygen atoms in total. The standard InChI is InChI=1S/C13H23N5O/c1-9(2)14-7-11-5-4-6-18(8-11)13(19)12-15-10(3)16-17-12/h9,11,14H,4-8H2,1-3H3,(H,15,16,17). The fraction of sp³-hybridized carbons (Fsp3) is 0.769. The minimum absolute atomic E-state index is 0.0569. The number of hydrogen-bond acceptors (Lipinski definition) is 4. The highest BCUT2D eigenvalue weighted by atomic mass is 16.2. The summed E-state index contributed by atoms with van der Waals surface area (Å²) in [5.41, 5.74) is 0. The number of nitrogens with one attached hydrogen (secondary N) is 2. The summed E-state index contributed by atoms with van der Waals surface area (Å²) < 4.78 is 0. The van der Waals surface area contributed by atoms with Crippen molar-refractivity contribution in [3.05, 3.63) is 11.6 Å². The largest absolute Gasteiger partial charge is 0.336 e. The lowest BCUT2D eigenvalue weighted by Crippen LogP contribution is -2.44. The molecule has 2 heterocycles. The van der Waals surface area contributed by atoms with Crippen molar-refractivity contribution in [1.29, 1.82) is 0 Å². The molecular weight excluding hydrogens is 242 g/mol. The van der Waals surface area contributed by atoms with E-state index in [-0.39, 0.29) is 11.7 Å². The number of carbonyl (C=O) groups excluding carboxylic acids is 1. The normalized spacial score (nSPS) is 20.0. The number of likely N-dealkylation sites (tertiary alicyclic amines) is 1. The molecule has 2 rings (SSSR count). The summed E-state index contributed by atoms with van der Waals surface area (Å²) in [6, 6.07) is 0.488. The van der Waals surface area contributed by atoms with Crippen LogP contribution in [-0.2, 0) is 0 Å². The lowest BCUT2D eigenvalue weighted by Gasteiger charge is -2.32. The van der Waals surface area contributed by atoms with Crippen molar-refractivity contribution in [3.8, 4) is 0 Å². The van der Waals surface area contributed by atoms with E-state index in [9.17, 15) is 4.79 Å². The maximum atomic E-state index is 12.3. The van der Waals surface area contributed by atoms with Gasteiger partial charge >= 0.3 is 0 Å². The van der Waals surface area contributed by atoms with E-state index < -0.39 is 0 Å². The Kier molecular flexibility index (Phi) is 4.52. The fourth-order valence-electron chi connectivity index (χ4n) is 2.40. The first-order chi connectivity index (χ1) is 9.06. The summed E-state index contributed by atoms with van der Waals surface area (Å²) in [6.07, 6.45) is 2.23. The van der Waals surface area contributed by atoms with Gasteiger partial charge in [0.05, 0.1) is 0 Å². The van der Waals surface area contributed by atoms with Gasteiger partial charge in [0.2, 0.25) is 5.82 Å². The molecule has 0 radical (unpaired) electrons. The summed E-state index contributed by atoms with van der Waals surface area (Å²) in [4.78, 5) is 18.2. The summed E-state index contributed by atoms with van der Waals surface area (Å²) in [5, 5.41) is 10.1. The summed E-state index contributed by atoms with van der Waals surface area (Å²) in [5.74, 6) is 1.44. The van der Waals surface area contributed by atoms with Crippen LogP contribution in [0.15, 0.2) is 0 Å². The second-order valence-electron chi connectivity index (χ2n) is 5.57. The van der Waals surface area contributed by atoms with Gasteiger partial charge in [0, 0.05) is 19.1 Å². The van der Waals surface area contributed by atoms with Gasteiger partial charge in [-0.25, -0.2) is 4.98 Å². The third-order valence-corrected chi connectivity index (χ3v) is 3.41. The van der Waals surface area contributed by atoms with E-state index >= 15 is 0 Å². The van der Waals surface area contributed by atoms with Crippen LogP contribution in [0.2, 0.25) is 0 Å². The third-order valence-electron chi connectivity index (χ3n) is 3.41. The molecule has 1 aliphatic rings. The smallest absolute Gasteiger partial charge is 0.293 e. The first kappa shape index (κ1) is 14.0. The number of aromatic amines is 1. The molecule has 0 aliphatic carbocycles. The highest BCUT2D eigenvalue weighted by Crippen LogP contribution is 2.17. The Balaban J connectivity index is 1.91. The van der Waals surface area contributed by atoms with Gasteiger partial charge in [-0.05, 0) is 32.2 Å². The number of hydrogen-bond donors (Lipinski definition) is 2. The van der Waals surface area contributed by atoms with E-state index in [4.69, 9.17) is 0 Å². The molecule has 1 unspecified atom stereocenters. The summed E-state index contributed by atoms with van der Waals surface area (Å²) in [6.45, 7) is 8.66. The average Bonchev–Trinajstić information content (AvgIpc) is 2.82. The van der Waals surface area contributed by atoms with Crippen molar-refractivity contribution in [1.82, 2.24) is 25.4 Å². The number of aryl methyl sites for hydroxylation is 1. The zero-order valence-electron chi connectivity index (χ0n) is 11.9. The Morgan fingerprint density at radius 2 is 2.37 bits per heavy atom. The van der Waals surface area contributed by atoms with Crippen LogP contribution in [0.25, 0.3) is 0 Å². The summed E-state index contributed by atoms with van der Waals surface area (Å²) >= 11 is 0. The number of amides is 1. The molecule has 1 aliphatic heterocycles. The number of piperidine rings is 1. The van der Waals surface area contributed by atoms with Crippen LogP contribution in [-0.4, -0.2) is 51.7 Å². The minimum atomic E-state index is -0.0569. The van der Waals surface area contributed by atoms with Crippen molar-refractivity contribution in [3.63, 3.8) is 0 Å². The molecule has 106 valence electrons. The molecule has 6 heteroatoms. The van der Waals surface area contributed by atoms with Crippen LogP contribution in [0.5, 0.6) is 0 Å². The Morgan fingerprint density at radius 3 is 3.00 bits per heavy atom. The number of aromatic nitrogens is 3. The first-order valence-electron chi connectivity index (χ1n) is 6.98. The van der Waals surface area contributed by atoms with Gasteiger partial charge in [0.25, 0.3) is 5.91 Å². The molecule has 0 saturated carbocycles.